The van der Waals surface area contributed by atoms with Crippen molar-refractivity contribution in [2.24, 2.45) is 0 Å². The second-order valence-electron chi connectivity index (χ2n) is 3.05. The molecular weight excluding hydrogens is 176 g/mol. The molecule has 0 spiro atoms. The second-order valence-corrected chi connectivity index (χ2v) is 3.05. The molecule has 0 saturated carbocycles. The van der Waals surface area contributed by atoms with E-state index in [1.165, 1.54) is 0 Å². The Hall–Kier alpha value is -2.10. The van der Waals surface area contributed by atoms with Crippen molar-refractivity contribution in [2.75, 3.05) is 0 Å². The standard InChI is InChI=1S/C10H6N4/c1-2-8-4-12-14-6-10(8)9-5-13-11-3-7(1)9/h1-6H. The van der Waals surface area contributed by atoms with Gasteiger partial charge in [0.15, 0.2) is 0 Å². The molecule has 3 rings (SSSR count). The van der Waals surface area contributed by atoms with Crippen LogP contribution >= 0.6 is 0 Å². The van der Waals surface area contributed by atoms with Crippen molar-refractivity contribution in [2.45, 2.75) is 0 Å². The quantitative estimate of drug-likeness (QED) is 0.495. The van der Waals surface area contributed by atoms with Crippen molar-refractivity contribution < 1.29 is 0 Å². The summed E-state index contributed by atoms with van der Waals surface area (Å²) in [5.74, 6) is 0. The molecule has 0 aliphatic rings. The summed E-state index contributed by atoms with van der Waals surface area (Å²) >= 11 is 0. The third kappa shape index (κ3) is 0.939. The predicted molar refractivity (Wildman–Crippen MR) is 52.6 cm³/mol. The molecule has 0 fully saturated rings. The molecular formula is C10H6N4. The molecule has 14 heavy (non-hydrogen) atoms. The van der Waals surface area contributed by atoms with Crippen LogP contribution in [0.2, 0.25) is 0 Å². The van der Waals surface area contributed by atoms with Crippen LogP contribution in [0, 0.1) is 0 Å². The summed E-state index contributed by atoms with van der Waals surface area (Å²) < 4.78 is 0. The molecule has 2 aromatic heterocycles. The van der Waals surface area contributed by atoms with Crippen molar-refractivity contribution in [3.63, 3.8) is 0 Å². The molecule has 0 atom stereocenters. The Morgan fingerprint density at radius 1 is 0.571 bits per heavy atom. The van der Waals surface area contributed by atoms with Crippen LogP contribution in [-0.4, -0.2) is 20.4 Å². The van der Waals surface area contributed by atoms with Crippen LogP contribution < -0.4 is 0 Å². The van der Waals surface area contributed by atoms with E-state index in [9.17, 15) is 0 Å². The van der Waals surface area contributed by atoms with Crippen LogP contribution in [0.3, 0.4) is 0 Å². The maximum Gasteiger partial charge on any atom is 0.0581 e. The summed E-state index contributed by atoms with van der Waals surface area (Å²) in [7, 11) is 0. The molecule has 2 heterocycles. The number of rotatable bonds is 0. The Balaban J connectivity index is 2.61. The summed E-state index contributed by atoms with van der Waals surface area (Å²) in [6, 6.07) is 4.02. The average molecular weight is 182 g/mol. The Bertz CT molecular complexity index is 551. The van der Waals surface area contributed by atoms with Gasteiger partial charge in [-0.3, -0.25) is 0 Å². The third-order valence-corrected chi connectivity index (χ3v) is 2.26. The maximum absolute atomic E-state index is 3.86. The first-order chi connectivity index (χ1) is 6.95. The molecule has 0 radical (unpaired) electrons. The van der Waals surface area contributed by atoms with E-state index < -0.39 is 0 Å². The van der Waals surface area contributed by atoms with Crippen LogP contribution in [0.5, 0.6) is 0 Å². The van der Waals surface area contributed by atoms with Crippen molar-refractivity contribution in [1.29, 1.82) is 0 Å². The molecule has 0 saturated heterocycles. The lowest BCUT2D eigenvalue weighted by atomic mass is 10.1. The minimum Gasteiger partial charge on any atom is -0.158 e. The molecule has 4 heteroatoms. The van der Waals surface area contributed by atoms with Gasteiger partial charge in [-0.05, 0) is 0 Å². The number of benzene rings is 1. The van der Waals surface area contributed by atoms with E-state index in [1.807, 2.05) is 12.1 Å². The minimum atomic E-state index is 1.06. The summed E-state index contributed by atoms with van der Waals surface area (Å²) in [5.41, 5.74) is 0. The number of hydrogen-bond donors (Lipinski definition) is 0. The van der Waals surface area contributed by atoms with Crippen molar-refractivity contribution in [3.8, 4) is 0 Å². The van der Waals surface area contributed by atoms with E-state index in [2.05, 4.69) is 20.4 Å². The fourth-order valence-corrected chi connectivity index (χ4v) is 1.56. The average Bonchev–Trinajstić information content (AvgIpc) is 2.29. The predicted octanol–water partition coefficient (Wildman–Crippen LogP) is 1.57. The monoisotopic (exact) mass is 182 g/mol. The highest BCUT2D eigenvalue weighted by atomic mass is 15.1. The van der Waals surface area contributed by atoms with Crippen LogP contribution in [0.4, 0.5) is 0 Å². The summed E-state index contributed by atoms with van der Waals surface area (Å²) in [6.07, 6.45) is 6.99. The molecule has 4 nitrogen and oxygen atoms in total. The molecule has 0 N–H and O–H groups in total. The van der Waals surface area contributed by atoms with Crippen LogP contribution in [0.15, 0.2) is 36.9 Å². The highest BCUT2D eigenvalue weighted by molar-refractivity contribution is 6.05. The van der Waals surface area contributed by atoms with Crippen LogP contribution in [0.25, 0.3) is 21.5 Å². The fourth-order valence-electron chi connectivity index (χ4n) is 1.56. The van der Waals surface area contributed by atoms with Gasteiger partial charge in [0, 0.05) is 21.5 Å². The van der Waals surface area contributed by atoms with Crippen molar-refractivity contribution in [3.05, 3.63) is 36.9 Å². The zero-order valence-electron chi connectivity index (χ0n) is 7.25. The number of aromatic nitrogens is 4. The number of fused-ring (bicyclic) bond motifs is 3. The smallest absolute Gasteiger partial charge is 0.0581 e. The Morgan fingerprint density at radius 2 is 1.00 bits per heavy atom. The number of hydrogen-bond acceptors (Lipinski definition) is 4. The first-order valence-electron chi connectivity index (χ1n) is 4.25. The second kappa shape index (κ2) is 2.70. The van der Waals surface area contributed by atoms with Gasteiger partial charge in [0.05, 0.1) is 24.8 Å². The van der Waals surface area contributed by atoms with E-state index in [1.54, 1.807) is 24.8 Å². The van der Waals surface area contributed by atoms with Crippen molar-refractivity contribution >= 4 is 21.5 Å². The topological polar surface area (TPSA) is 51.6 Å². The van der Waals surface area contributed by atoms with Gasteiger partial charge in [-0.25, -0.2) is 0 Å². The van der Waals surface area contributed by atoms with Crippen LogP contribution in [-0.2, 0) is 0 Å². The zero-order valence-corrected chi connectivity index (χ0v) is 7.25. The van der Waals surface area contributed by atoms with E-state index in [0.717, 1.165) is 21.5 Å². The first kappa shape index (κ1) is 7.32. The summed E-state index contributed by atoms with van der Waals surface area (Å²) in [6.45, 7) is 0. The lowest BCUT2D eigenvalue weighted by Gasteiger charge is -1.99. The van der Waals surface area contributed by atoms with Crippen molar-refractivity contribution in [1.82, 2.24) is 20.4 Å². The lowest BCUT2D eigenvalue weighted by Crippen LogP contribution is -1.85. The highest BCUT2D eigenvalue weighted by Gasteiger charge is 1.99. The summed E-state index contributed by atoms with van der Waals surface area (Å²) in [4.78, 5) is 0. The SMILES string of the molecule is c1cc2cnncc2c2cnncc12. The molecule has 0 aliphatic carbocycles. The van der Waals surface area contributed by atoms with Gasteiger partial charge in [0.1, 0.15) is 0 Å². The van der Waals surface area contributed by atoms with Gasteiger partial charge in [0.25, 0.3) is 0 Å². The van der Waals surface area contributed by atoms with Gasteiger partial charge in [-0.2, -0.15) is 20.4 Å². The molecule has 66 valence electrons. The van der Waals surface area contributed by atoms with Crippen LogP contribution in [0.1, 0.15) is 0 Å². The van der Waals surface area contributed by atoms with Gasteiger partial charge in [-0.15, -0.1) is 0 Å². The van der Waals surface area contributed by atoms with Gasteiger partial charge in [-0.1, -0.05) is 12.1 Å². The molecule has 0 unspecified atom stereocenters. The third-order valence-electron chi connectivity index (χ3n) is 2.26. The van der Waals surface area contributed by atoms with E-state index in [0.29, 0.717) is 0 Å². The van der Waals surface area contributed by atoms with E-state index in [-0.39, 0.29) is 0 Å². The van der Waals surface area contributed by atoms with Gasteiger partial charge >= 0.3 is 0 Å². The Labute approximate surface area is 79.6 Å². The fraction of sp³-hybridized carbons (Fsp3) is 0. The largest absolute Gasteiger partial charge is 0.158 e. The molecule has 0 bridgehead atoms. The molecule has 0 aliphatic heterocycles. The van der Waals surface area contributed by atoms with Gasteiger partial charge < -0.3 is 0 Å². The number of nitrogens with zero attached hydrogens (tertiary/aromatic N) is 4. The lowest BCUT2D eigenvalue weighted by molar-refractivity contribution is 1.04. The molecule has 3 aromatic rings. The molecule has 1 aromatic carbocycles. The normalized spacial score (nSPS) is 10.9. The van der Waals surface area contributed by atoms with Gasteiger partial charge in [0.2, 0.25) is 0 Å². The summed E-state index contributed by atoms with van der Waals surface area (Å²) in [5, 5.41) is 19.7. The zero-order chi connectivity index (χ0) is 9.38. The first-order valence-corrected chi connectivity index (χ1v) is 4.25. The maximum atomic E-state index is 3.86. The highest BCUT2D eigenvalue weighted by Crippen LogP contribution is 2.21. The Morgan fingerprint density at radius 3 is 1.50 bits per heavy atom. The minimum absolute atomic E-state index is 1.06. The van der Waals surface area contributed by atoms with E-state index in [4.69, 9.17) is 0 Å². The Kier molecular flexibility index (Phi) is 1.41. The molecule has 0 amide bonds. The van der Waals surface area contributed by atoms with E-state index >= 15 is 0 Å².